The zero-order valence-electron chi connectivity index (χ0n) is 11.1. The molecule has 0 aliphatic carbocycles. The molecule has 6 heteroatoms. The number of hydrogen-bond donors (Lipinski definition) is 0. The van der Waals surface area contributed by atoms with Gasteiger partial charge in [-0.05, 0) is 30.2 Å². The number of carbonyl (C=O) groups is 1. The first-order valence-electron chi connectivity index (χ1n) is 6.24. The van der Waals surface area contributed by atoms with Gasteiger partial charge in [-0.25, -0.2) is 0 Å². The smallest absolute Gasteiger partial charge is 0.405 e. The molecule has 1 aromatic carbocycles. The van der Waals surface area contributed by atoms with Crippen molar-refractivity contribution in [1.82, 2.24) is 4.98 Å². The molecule has 1 heterocycles. The highest BCUT2D eigenvalue weighted by atomic mass is 19.4. The first kappa shape index (κ1) is 15.0. The van der Waals surface area contributed by atoms with Crippen LogP contribution in [0.5, 0.6) is 5.75 Å². The molecule has 0 bridgehead atoms. The van der Waals surface area contributed by atoms with Gasteiger partial charge in [-0.15, -0.1) is 13.2 Å². The molecular formula is C15H12F3NO2. The van der Waals surface area contributed by atoms with Gasteiger partial charge in [-0.2, -0.15) is 0 Å². The Hall–Kier alpha value is -2.37. The number of para-hydroxylation sites is 1. The number of ether oxygens (including phenoxy) is 1. The van der Waals surface area contributed by atoms with Crippen molar-refractivity contribution in [3.63, 3.8) is 0 Å². The van der Waals surface area contributed by atoms with Gasteiger partial charge in [0, 0.05) is 18.0 Å². The lowest BCUT2D eigenvalue weighted by Gasteiger charge is -2.13. The van der Waals surface area contributed by atoms with Crippen LogP contribution < -0.4 is 4.74 Å². The molecule has 0 aliphatic heterocycles. The number of halogens is 3. The van der Waals surface area contributed by atoms with Crippen LogP contribution in [0.2, 0.25) is 0 Å². The van der Waals surface area contributed by atoms with Crippen molar-refractivity contribution in [3.05, 3.63) is 59.4 Å². The van der Waals surface area contributed by atoms with Crippen molar-refractivity contribution < 1.29 is 22.7 Å². The summed E-state index contributed by atoms with van der Waals surface area (Å²) in [7, 11) is 0. The van der Waals surface area contributed by atoms with E-state index in [1.165, 1.54) is 36.7 Å². The lowest BCUT2D eigenvalue weighted by atomic mass is 9.98. The monoisotopic (exact) mass is 295 g/mol. The summed E-state index contributed by atoms with van der Waals surface area (Å²) in [6.07, 6.45) is -1.33. The average molecular weight is 295 g/mol. The van der Waals surface area contributed by atoms with E-state index in [0.29, 0.717) is 17.5 Å². The minimum absolute atomic E-state index is 0.129. The van der Waals surface area contributed by atoms with Crippen LogP contribution in [-0.2, 0) is 6.42 Å². The second kappa shape index (κ2) is 5.95. The SMILES string of the molecule is CCc1cnccc1C(=O)c1ccccc1OC(F)(F)F. The molecule has 2 rings (SSSR count). The number of ketones is 1. The second-order valence-electron chi connectivity index (χ2n) is 4.26. The largest absolute Gasteiger partial charge is 0.573 e. The van der Waals surface area contributed by atoms with Crippen LogP contribution >= 0.6 is 0 Å². The Kier molecular flexibility index (Phi) is 4.26. The summed E-state index contributed by atoms with van der Waals surface area (Å²) < 4.78 is 41.1. The molecule has 0 radical (unpaired) electrons. The molecule has 1 aromatic heterocycles. The first-order chi connectivity index (χ1) is 9.92. The third kappa shape index (κ3) is 3.59. The normalized spacial score (nSPS) is 11.2. The maximum absolute atomic E-state index is 12.5. The van der Waals surface area contributed by atoms with Crippen LogP contribution in [0, 0.1) is 0 Å². The molecular weight excluding hydrogens is 283 g/mol. The molecule has 2 aromatic rings. The van der Waals surface area contributed by atoms with Crippen LogP contribution in [-0.4, -0.2) is 17.1 Å². The van der Waals surface area contributed by atoms with Crippen LogP contribution in [0.1, 0.15) is 28.4 Å². The standard InChI is InChI=1S/C15H12F3NO2/c1-2-10-9-19-8-7-11(10)14(20)12-5-3-4-6-13(12)21-15(16,17)18/h3-9H,2H2,1H3. The predicted octanol–water partition coefficient (Wildman–Crippen LogP) is 3.77. The number of carbonyl (C=O) groups excluding carboxylic acids is 1. The van der Waals surface area contributed by atoms with Crippen molar-refractivity contribution in [2.45, 2.75) is 19.7 Å². The summed E-state index contributed by atoms with van der Waals surface area (Å²) in [6.45, 7) is 1.84. The average Bonchev–Trinajstić information content (AvgIpc) is 2.45. The van der Waals surface area contributed by atoms with Crippen LogP contribution in [0.4, 0.5) is 13.2 Å². The molecule has 3 nitrogen and oxygen atoms in total. The summed E-state index contributed by atoms with van der Waals surface area (Å²) in [5, 5.41) is 0. The predicted molar refractivity (Wildman–Crippen MR) is 70.2 cm³/mol. The van der Waals surface area contributed by atoms with Crippen molar-refractivity contribution in [3.8, 4) is 5.75 Å². The summed E-state index contributed by atoms with van der Waals surface area (Å²) in [6, 6.07) is 6.79. The molecule has 0 saturated heterocycles. The van der Waals surface area contributed by atoms with Crippen molar-refractivity contribution in [2.75, 3.05) is 0 Å². The van der Waals surface area contributed by atoms with Gasteiger partial charge in [0.15, 0.2) is 5.78 Å². The van der Waals surface area contributed by atoms with Crippen molar-refractivity contribution >= 4 is 5.78 Å². The number of benzene rings is 1. The fourth-order valence-electron chi connectivity index (χ4n) is 1.94. The molecule has 0 atom stereocenters. The quantitative estimate of drug-likeness (QED) is 0.806. The van der Waals surface area contributed by atoms with Crippen LogP contribution in [0.25, 0.3) is 0 Å². The Balaban J connectivity index is 2.44. The van der Waals surface area contributed by atoms with Gasteiger partial charge in [-0.1, -0.05) is 19.1 Å². The zero-order valence-corrected chi connectivity index (χ0v) is 11.1. The van der Waals surface area contributed by atoms with Gasteiger partial charge in [0.2, 0.25) is 0 Å². The van der Waals surface area contributed by atoms with Crippen LogP contribution in [0.15, 0.2) is 42.7 Å². The molecule has 0 amide bonds. The Labute approximate surface area is 119 Å². The number of pyridine rings is 1. The minimum Gasteiger partial charge on any atom is -0.405 e. The molecule has 0 spiro atoms. The number of nitrogens with zero attached hydrogens (tertiary/aromatic N) is 1. The second-order valence-corrected chi connectivity index (χ2v) is 4.26. The highest BCUT2D eigenvalue weighted by molar-refractivity contribution is 6.11. The summed E-state index contributed by atoms with van der Waals surface area (Å²) in [5.74, 6) is -1.03. The van der Waals surface area contributed by atoms with Gasteiger partial charge in [0.1, 0.15) is 5.75 Å². The highest BCUT2D eigenvalue weighted by Gasteiger charge is 2.33. The van der Waals surface area contributed by atoms with Crippen molar-refractivity contribution in [1.29, 1.82) is 0 Å². The number of hydrogen-bond acceptors (Lipinski definition) is 3. The highest BCUT2D eigenvalue weighted by Crippen LogP contribution is 2.28. The zero-order chi connectivity index (χ0) is 15.5. The van der Waals surface area contributed by atoms with Gasteiger partial charge >= 0.3 is 6.36 Å². The first-order valence-corrected chi connectivity index (χ1v) is 6.24. The number of aryl methyl sites for hydroxylation is 1. The molecule has 0 N–H and O–H groups in total. The Bertz CT molecular complexity index is 653. The maximum Gasteiger partial charge on any atom is 0.573 e. The number of rotatable bonds is 4. The number of alkyl halides is 3. The molecule has 110 valence electrons. The van der Waals surface area contributed by atoms with E-state index in [-0.39, 0.29) is 5.56 Å². The lowest BCUT2D eigenvalue weighted by molar-refractivity contribution is -0.274. The van der Waals surface area contributed by atoms with Crippen molar-refractivity contribution in [2.24, 2.45) is 0 Å². The van der Waals surface area contributed by atoms with Crippen LogP contribution in [0.3, 0.4) is 0 Å². The fourth-order valence-corrected chi connectivity index (χ4v) is 1.94. The number of aromatic nitrogens is 1. The molecule has 0 fully saturated rings. The Morgan fingerprint density at radius 2 is 1.90 bits per heavy atom. The van der Waals surface area contributed by atoms with E-state index in [1.54, 1.807) is 0 Å². The fraction of sp³-hybridized carbons (Fsp3) is 0.200. The summed E-state index contributed by atoms with van der Waals surface area (Å²) >= 11 is 0. The summed E-state index contributed by atoms with van der Waals surface area (Å²) in [5.41, 5.74) is 0.866. The van der Waals surface area contributed by atoms with E-state index >= 15 is 0 Å². The topological polar surface area (TPSA) is 39.2 Å². The van der Waals surface area contributed by atoms with E-state index in [9.17, 15) is 18.0 Å². The van der Waals surface area contributed by atoms with E-state index in [0.717, 1.165) is 6.07 Å². The molecule has 0 unspecified atom stereocenters. The molecule has 21 heavy (non-hydrogen) atoms. The Morgan fingerprint density at radius 3 is 2.57 bits per heavy atom. The third-order valence-corrected chi connectivity index (χ3v) is 2.89. The van der Waals surface area contributed by atoms with E-state index in [1.807, 2.05) is 6.92 Å². The minimum atomic E-state index is -4.85. The van der Waals surface area contributed by atoms with E-state index < -0.39 is 17.9 Å². The van der Waals surface area contributed by atoms with Gasteiger partial charge in [0.25, 0.3) is 0 Å². The Morgan fingerprint density at radius 1 is 1.19 bits per heavy atom. The van der Waals surface area contributed by atoms with Gasteiger partial charge < -0.3 is 4.74 Å². The maximum atomic E-state index is 12.5. The van der Waals surface area contributed by atoms with Gasteiger partial charge in [0.05, 0.1) is 5.56 Å². The third-order valence-electron chi connectivity index (χ3n) is 2.89. The van der Waals surface area contributed by atoms with E-state index in [4.69, 9.17) is 0 Å². The molecule has 0 aliphatic rings. The van der Waals surface area contributed by atoms with Gasteiger partial charge in [-0.3, -0.25) is 9.78 Å². The molecule has 0 saturated carbocycles. The summed E-state index contributed by atoms with van der Waals surface area (Å²) in [4.78, 5) is 16.4. The lowest BCUT2D eigenvalue weighted by Crippen LogP contribution is -2.19. The van der Waals surface area contributed by atoms with E-state index in [2.05, 4.69) is 9.72 Å².